The monoisotopic (exact) mass is 223 g/mol. The van der Waals surface area contributed by atoms with E-state index >= 15 is 0 Å². The van der Waals surface area contributed by atoms with Crippen molar-refractivity contribution < 1.29 is 14.3 Å². The first-order valence-corrected chi connectivity index (χ1v) is 5.67. The number of carbonyl (C=O) groups excluding carboxylic acids is 2. The van der Waals surface area contributed by atoms with Crippen LogP contribution in [0.5, 0.6) is 0 Å². The van der Waals surface area contributed by atoms with Gasteiger partial charge in [0.05, 0.1) is 12.5 Å². The number of hydrogen-bond acceptors (Lipinski definition) is 3. The summed E-state index contributed by atoms with van der Waals surface area (Å²) in [5.74, 6) is 0.214. The molecule has 2 aliphatic rings. The van der Waals surface area contributed by atoms with E-state index in [-0.39, 0.29) is 30.4 Å². The number of hydrogen-bond donors (Lipinski definition) is 0. The van der Waals surface area contributed by atoms with Crippen molar-refractivity contribution >= 4 is 11.7 Å². The zero-order valence-corrected chi connectivity index (χ0v) is 9.90. The normalized spacial score (nSPS) is 35.6. The van der Waals surface area contributed by atoms with Crippen molar-refractivity contribution in [2.24, 2.45) is 5.92 Å². The Hall–Kier alpha value is -1.16. The summed E-state index contributed by atoms with van der Waals surface area (Å²) in [5.41, 5.74) is 0.635. The molecule has 0 aromatic carbocycles. The molecule has 0 saturated carbocycles. The molecule has 4 nitrogen and oxygen atoms in total. The van der Waals surface area contributed by atoms with Crippen LogP contribution in [0, 0.1) is 5.92 Å². The van der Waals surface area contributed by atoms with Gasteiger partial charge < -0.3 is 4.74 Å². The fourth-order valence-corrected chi connectivity index (χ4v) is 2.09. The Morgan fingerprint density at radius 2 is 2.06 bits per heavy atom. The smallest absolute Gasteiger partial charge is 0.236 e. The van der Waals surface area contributed by atoms with Gasteiger partial charge in [0, 0.05) is 11.8 Å². The van der Waals surface area contributed by atoms with Gasteiger partial charge in [0.25, 0.3) is 0 Å². The van der Waals surface area contributed by atoms with Crippen LogP contribution >= 0.6 is 0 Å². The minimum absolute atomic E-state index is 0.0229. The molecule has 2 heterocycles. The largest absolute Gasteiger partial charge is 0.355 e. The number of nitrogens with zero attached hydrogens (tertiary/aromatic N) is 1. The Balaban J connectivity index is 2.16. The van der Waals surface area contributed by atoms with Crippen molar-refractivity contribution in [1.82, 2.24) is 4.90 Å². The van der Waals surface area contributed by atoms with Crippen LogP contribution in [0.2, 0.25) is 0 Å². The maximum absolute atomic E-state index is 11.7. The number of rotatable bonds is 1. The first-order valence-electron chi connectivity index (χ1n) is 5.67. The van der Waals surface area contributed by atoms with Gasteiger partial charge in [0.2, 0.25) is 5.91 Å². The van der Waals surface area contributed by atoms with E-state index in [9.17, 15) is 9.59 Å². The third kappa shape index (κ3) is 1.89. The van der Waals surface area contributed by atoms with E-state index in [1.807, 2.05) is 6.92 Å². The minimum atomic E-state index is -0.194. The Kier molecular flexibility index (Phi) is 2.84. The molecular formula is C12H17NO3. The molecule has 1 amide bonds. The molecular weight excluding hydrogens is 206 g/mol. The van der Waals surface area contributed by atoms with E-state index in [1.54, 1.807) is 18.0 Å². The van der Waals surface area contributed by atoms with Gasteiger partial charge in [0.15, 0.2) is 5.78 Å². The summed E-state index contributed by atoms with van der Waals surface area (Å²) in [6.07, 6.45) is 2.42. The highest BCUT2D eigenvalue weighted by Crippen LogP contribution is 2.30. The van der Waals surface area contributed by atoms with Crippen LogP contribution in [0.15, 0.2) is 11.8 Å². The zero-order chi connectivity index (χ0) is 11.9. The van der Waals surface area contributed by atoms with E-state index in [4.69, 9.17) is 4.74 Å². The second-order valence-electron chi connectivity index (χ2n) is 4.72. The second-order valence-corrected chi connectivity index (χ2v) is 4.72. The van der Waals surface area contributed by atoms with Gasteiger partial charge in [-0.2, -0.15) is 0 Å². The average molecular weight is 223 g/mol. The van der Waals surface area contributed by atoms with Crippen molar-refractivity contribution in [3.05, 3.63) is 11.8 Å². The molecule has 0 bridgehead atoms. The van der Waals surface area contributed by atoms with Crippen molar-refractivity contribution in [1.29, 1.82) is 0 Å². The fourth-order valence-electron chi connectivity index (χ4n) is 2.09. The molecule has 2 aliphatic heterocycles. The molecule has 88 valence electrons. The maximum atomic E-state index is 11.7. The molecule has 0 aliphatic carbocycles. The topological polar surface area (TPSA) is 46.6 Å². The average Bonchev–Trinajstić information content (AvgIpc) is 2.53. The predicted octanol–water partition coefficient (Wildman–Crippen LogP) is 1.46. The van der Waals surface area contributed by atoms with E-state index in [0.717, 1.165) is 6.42 Å². The summed E-state index contributed by atoms with van der Waals surface area (Å²) >= 11 is 0. The van der Waals surface area contributed by atoms with Crippen LogP contribution in [0.1, 0.15) is 33.6 Å². The molecule has 3 atom stereocenters. The van der Waals surface area contributed by atoms with Gasteiger partial charge in [0.1, 0.15) is 6.23 Å². The first-order chi connectivity index (χ1) is 7.49. The first kappa shape index (κ1) is 11.3. The molecule has 0 aromatic rings. The van der Waals surface area contributed by atoms with Gasteiger partial charge in [-0.15, -0.1) is 0 Å². The Bertz CT molecular complexity index is 351. The lowest BCUT2D eigenvalue weighted by Crippen LogP contribution is -2.40. The van der Waals surface area contributed by atoms with Crippen molar-refractivity contribution in [2.45, 2.75) is 45.9 Å². The summed E-state index contributed by atoms with van der Waals surface area (Å²) in [4.78, 5) is 24.6. The highest BCUT2D eigenvalue weighted by atomic mass is 16.5. The minimum Gasteiger partial charge on any atom is -0.355 e. The zero-order valence-electron chi connectivity index (χ0n) is 9.90. The van der Waals surface area contributed by atoms with Gasteiger partial charge in [-0.25, -0.2) is 0 Å². The third-order valence-corrected chi connectivity index (χ3v) is 3.43. The number of allylic oxidation sites excluding steroid dienone is 1. The number of carbonyl (C=O) groups is 2. The number of amides is 1. The van der Waals surface area contributed by atoms with E-state index in [0.29, 0.717) is 11.5 Å². The molecule has 4 heteroatoms. The van der Waals surface area contributed by atoms with E-state index in [2.05, 4.69) is 6.92 Å². The number of Topliss-reactive ketones (excluding diaryl/α,β-unsaturated/α-hetero) is 1. The van der Waals surface area contributed by atoms with E-state index in [1.165, 1.54) is 0 Å². The predicted molar refractivity (Wildman–Crippen MR) is 58.3 cm³/mol. The second kappa shape index (κ2) is 4.01. The molecule has 0 aromatic heterocycles. The van der Waals surface area contributed by atoms with Crippen LogP contribution in [0.4, 0.5) is 0 Å². The lowest BCUT2D eigenvalue weighted by Gasteiger charge is -2.28. The quantitative estimate of drug-likeness (QED) is 0.632. The molecule has 16 heavy (non-hydrogen) atoms. The van der Waals surface area contributed by atoms with Gasteiger partial charge in [-0.3, -0.25) is 14.5 Å². The molecule has 2 rings (SSSR count). The van der Waals surface area contributed by atoms with Gasteiger partial charge in [-0.05, 0) is 26.2 Å². The summed E-state index contributed by atoms with van der Waals surface area (Å²) in [6.45, 7) is 5.87. The van der Waals surface area contributed by atoms with Crippen LogP contribution in [-0.4, -0.2) is 28.9 Å². The van der Waals surface area contributed by atoms with Crippen LogP contribution < -0.4 is 0 Å². The fraction of sp³-hybridized carbons (Fsp3) is 0.667. The highest BCUT2D eigenvalue weighted by Gasteiger charge is 2.36. The summed E-state index contributed by atoms with van der Waals surface area (Å²) in [7, 11) is 0. The Morgan fingerprint density at radius 3 is 2.62 bits per heavy atom. The van der Waals surface area contributed by atoms with Crippen LogP contribution in [0.25, 0.3) is 0 Å². The molecule has 0 radical (unpaired) electrons. The highest BCUT2D eigenvalue weighted by molar-refractivity contribution is 6.09. The summed E-state index contributed by atoms with van der Waals surface area (Å²) in [6, 6.07) is 0. The maximum Gasteiger partial charge on any atom is 0.236 e. The van der Waals surface area contributed by atoms with E-state index < -0.39 is 0 Å². The summed E-state index contributed by atoms with van der Waals surface area (Å²) < 4.78 is 5.72. The van der Waals surface area contributed by atoms with Crippen LogP contribution in [-0.2, 0) is 14.3 Å². The molecule has 1 saturated heterocycles. The molecule has 0 spiro atoms. The summed E-state index contributed by atoms with van der Waals surface area (Å²) in [5, 5.41) is 0. The SMILES string of the molecule is CC1=CN(C2CC(C)C(C)O2)C(=O)CC1=O. The lowest BCUT2D eigenvalue weighted by molar-refractivity contribution is -0.143. The third-order valence-electron chi connectivity index (χ3n) is 3.43. The standard InChI is InChI=1S/C12H17NO3/c1-7-4-12(16-9(7)3)13-6-8(2)10(14)5-11(13)15/h6-7,9,12H,4-5H2,1-3H3. The number of ketones is 1. The molecule has 1 fully saturated rings. The Morgan fingerprint density at radius 1 is 1.38 bits per heavy atom. The molecule has 0 N–H and O–H groups in total. The van der Waals surface area contributed by atoms with Gasteiger partial charge >= 0.3 is 0 Å². The number of ether oxygens (including phenoxy) is 1. The lowest BCUT2D eigenvalue weighted by atomic mass is 10.0. The molecule has 3 unspecified atom stereocenters. The van der Waals surface area contributed by atoms with Crippen molar-refractivity contribution in [2.75, 3.05) is 0 Å². The Labute approximate surface area is 95.2 Å². The van der Waals surface area contributed by atoms with Crippen molar-refractivity contribution in [3.8, 4) is 0 Å². The van der Waals surface area contributed by atoms with Gasteiger partial charge in [-0.1, -0.05) is 6.92 Å². The van der Waals surface area contributed by atoms with Crippen molar-refractivity contribution in [3.63, 3.8) is 0 Å². The van der Waals surface area contributed by atoms with Crippen LogP contribution in [0.3, 0.4) is 0 Å².